The predicted octanol–water partition coefficient (Wildman–Crippen LogP) is 4.45. The van der Waals surface area contributed by atoms with Gasteiger partial charge in [-0.25, -0.2) is 9.99 Å². The molecule has 0 aliphatic carbocycles. The Kier molecular flexibility index (Phi) is 6.46. The van der Waals surface area contributed by atoms with Crippen molar-refractivity contribution in [3.63, 3.8) is 0 Å². The first kappa shape index (κ1) is 22.5. The van der Waals surface area contributed by atoms with Crippen molar-refractivity contribution >= 4 is 40.1 Å². The molecule has 1 N–H and O–H groups in total. The van der Waals surface area contributed by atoms with Crippen LogP contribution in [0.15, 0.2) is 53.6 Å². The molecular weight excluding hydrogens is 446 g/mol. The lowest BCUT2D eigenvalue weighted by Crippen LogP contribution is -2.27. The number of aromatic nitrogens is 1. The Bertz CT molecular complexity index is 1260. The number of rotatable bonds is 7. The standard InChI is InChI=1S/C24H22ClN3O5/c1-32-16-5-3-4-14(10-16)20-13-21(28(27-20)22(29)8-9-23(30)31)18-12-15-11-17(33-2)6-7-19(15)26-24(18)25/h3-7,10-12,21H,8-9,13H2,1-2H3,(H,30,31)/t21-/m1/s1. The normalized spacial score (nSPS) is 15.4. The van der Waals surface area contributed by atoms with E-state index in [1.165, 1.54) is 5.01 Å². The zero-order chi connectivity index (χ0) is 23.5. The largest absolute Gasteiger partial charge is 0.497 e. The average molecular weight is 468 g/mol. The minimum Gasteiger partial charge on any atom is -0.497 e. The number of methoxy groups -OCH3 is 2. The number of hydrogen-bond acceptors (Lipinski definition) is 6. The molecule has 4 rings (SSSR count). The third-order valence-corrected chi connectivity index (χ3v) is 5.79. The fourth-order valence-electron chi connectivity index (χ4n) is 3.80. The Morgan fingerprint density at radius 2 is 1.85 bits per heavy atom. The second kappa shape index (κ2) is 9.46. The molecule has 170 valence electrons. The first-order valence-electron chi connectivity index (χ1n) is 10.3. The number of fused-ring (bicyclic) bond motifs is 1. The molecule has 8 nitrogen and oxygen atoms in total. The van der Waals surface area contributed by atoms with Gasteiger partial charge in [0.1, 0.15) is 16.7 Å². The summed E-state index contributed by atoms with van der Waals surface area (Å²) in [5, 5.41) is 16.0. The first-order chi connectivity index (χ1) is 15.9. The number of carboxylic acid groups (broad SMARTS) is 1. The summed E-state index contributed by atoms with van der Waals surface area (Å²) in [6, 6.07) is 14.2. The van der Waals surface area contributed by atoms with Crippen molar-refractivity contribution in [3.8, 4) is 11.5 Å². The van der Waals surface area contributed by atoms with E-state index in [0.29, 0.717) is 34.7 Å². The van der Waals surface area contributed by atoms with Gasteiger partial charge in [0.25, 0.3) is 0 Å². The second-order valence-electron chi connectivity index (χ2n) is 7.56. The van der Waals surface area contributed by atoms with Gasteiger partial charge in [-0.1, -0.05) is 23.7 Å². The number of ether oxygens (including phenoxy) is 2. The maximum absolute atomic E-state index is 13.0. The van der Waals surface area contributed by atoms with E-state index in [1.54, 1.807) is 20.3 Å². The number of benzene rings is 2. The van der Waals surface area contributed by atoms with Crippen molar-refractivity contribution in [1.29, 1.82) is 0 Å². The Labute approximate surface area is 195 Å². The zero-order valence-electron chi connectivity index (χ0n) is 18.1. The summed E-state index contributed by atoms with van der Waals surface area (Å²) >= 11 is 6.55. The summed E-state index contributed by atoms with van der Waals surface area (Å²) in [7, 11) is 3.16. The Morgan fingerprint density at radius 3 is 2.58 bits per heavy atom. The fraction of sp³-hybridized carbons (Fsp3) is 0.250. The van der Waals surface area contributed by atoms with Crippen LogP contribution in [0.1, 0.15) is 36.4 Å². The third-order valence-electron chi connectivity index (χ3n) is 5.48. The summed E-state index contributed by atoms with van der Waals surface area (Å²) in [4.78, 5) is 28.5. The van der Waals surface area contributed by atoms with Crippen molar-refractivity contribution in [2.24, 2.45) is 5.10 Å². The maximum Gasteiger partial charge on any atom is 0.303 e. The Balaban J connectivity index is 1.75. The molecule has 2 heterocycles. The molecule has 1 aliphatic rings. The van der Waals surface area contributed by atoms with E-state index in [-0.39, 0.29) is 18.0 Å². The van der Waals surface area contributed by atoms with Gasteiger partial charge in [0.05, 0.1) is 37.9 Å². The van der Waals surface area contributed by atoms with Gasteiger partial charge in [0, 0.05) is 29.4 Å². The van der Waals surface area contributed by atoms with Crippen LogP contribution in [-0.4, -0.2) is 46.9 Å². The van der Waals surface area contributed by atoms with E-state index >= 15 is 0 Å². The monoisotopic (exact) mass is 467 g/mol. The highest BCUT2D eigenvalue weighted by molar-refractivity contribution is 6.30. The summed E-state index contributed by atoms with van der Waals surface area (Å²) in [6.45, 7) is 0. The van der Waals surface area contributed by atoms with Crippen LogP contribution in [0.4, 0.5) is 0 Å². The first-order valence-corrected chi connectivity index (χ1v) is 10.7. The van der Waals surface area contributed by atoms with Crippen molar-refractivity contribution < 1.29 is 24.2 Å². The average Bonchev–Trinajstić information content (AvgIpc) is 3.27. The van der Waals surface area contributed by atoms with E-state index in [9.17, 15) is 9.59 Å². The van der Waals surface area contributed by atoms with Gasteiger partial charge >= 0.3 is 5.97 Å². The molecule has 33 heavy (non-hydrogen) atoms. The summed E-state index contributed by atoms with van der Waals surface area (Å²) in [5.74, 6) is -0.109. The van der Waals surface area contributed by atoms with Gasteiger partial charge in [0.2, 0.25) is 5.91 Å². The van der Waals surface area contributed by atoms with Gasteiger partial charge in [-0.2, -0.15) is 5.10 Å². The van der Waals surface area contributed by atoms with Crippen LogP contribution in [0, 0.1) is 0 Å². The fourth-order valence-corrected chi connectivity index (χ4v) is 4.07. The second-order valence-corrected chi connectivity index (χ2v) is 7.92. The SMILES string of the molecule is COc1cccc(C2=NN(C(=O)CCC(=O)O)[C@@H](c3cc4cc(OC)ccc4nc3Cl)C2)c1. The van der Waals surface area contributed by atoms with Gasteiger partial charge < -0.3 is 14.6 Å². The molecule has 1 aliphatic heterocycles. The van der Waals surface area contributed by atoms with E-state index in [1.807, 2.05) is 42.5 Å². The summed E-state index contributed by atoms with van der Waals surface area (Å²) < 4.78 is 10.6. The van der Waals surface area contributed by atoms with Crippen LogP contribution in [0.25, 0.3) is 10.9 Å². The molecule has 0 radical (unpaired) electrons. The lowest BCUT2D eigenvalue weighted by molar-refractivity contribution is -0.141. The van der Waals surface area contributed by atoms with Gasteiger partial charge in [-0.05, 0) is 36.4 Å². The number of carbonyl (C=O) groups excluding carboxylic acids is 1. The predicted molar refractivity (Wildman–Crippen MR) is 124 cm³/mol. The molecule has 0 unspecified atom stereocenters. The Morgan fingerprint density at radius 1 is 1.09 bits per heavy atom. The molecule has 0 saturated carbocycles. The number of carbonyl (C=O) groups is 2. The molecule has 0 spiro atoms. The molecule has 3 aromatic rings. The maximum atomic E-state index is 13.0. The van der Waals surface area contributed by atoms with Gasteiger partial charge in [-0.15, -0.1) is 0 Å². The van der Waals surface area contributed by atoms with Gasteiger partial charge in [0.15, 0.2) is 0 Å². The minimum absolute atomic E-state index is 0.173. The number of hydrazone groups is 1. The highest BCUT2D eigenvalue weighted by Crippen LogP contribution is 2.38. The van der Waals surface area contributed by atoms with E-state index in [4.69, 9.17) is 26.2 Å². The smallest absolute Gasteiger partial charge is 0.303 e. The number of aliphatic carboxylic acids is 1. The lowest BCUT2D eigenvalue weighted by atomic mass is 9.98. The van der Waals surface area contributed by atoms with E-state index in [2.05, 4.69) is 10.1 Å². The van der Waals surface area contributed by atoms with Crippen molar-refractivity contribution in [3.05, 3.63) is 64.8 Å². The summed E-state index contributed by atoms with van der Waals surface area (Å²) in [6.07, 6.45) is -0.0665. The molecule has 1 aromatic heterocycles. The highest BCUT2D eigenvalue weighted by atomic mass is 35.5. The molecule has 0 bridgehead atoms. The van der Waals surface area contributed by atoms with Crippen LogP contribution in [0.2, 0.25) is 5.15 Å². The lowest BCUT2D eigenvalue weighted by Gasteiger charge is -2.23. The number of pyridine rings is 1. The number of hydrogen-bond donors (Lipinski definition) is 1. The van der Waals surface area contributed by atoms with Crippen molar-refractivity contribution in [1.82, 2.24) is 9.99 Å². The highest BCUT2D eigenvalue weighted by Gasteiger charge is 2.35. The van der Waals surface area contributed by atoms with Crippen LogP contribution >= 0.6 is 11.6 Å². The zero-order valence-corrected chi connectivity index (χ0v) is 18.9. The van der Waals surface area contributed by atoms with Crippen LogP contribution in [0.5, 0.6) is 11.5 Å². The molecule has 9 heteroatoms. The number of halogens is 1. The van der Waals surface area contributed by atoms with Crippen LogP contribution in [0.3, 0.4) is 0 Å². The van der Waals surface area contributed by atoms with E-state index < -0.39 is 17.9 Å². The molecule has 1 amide bonds. The quantitative estimate of drug-likeness (QED) is 0.515. The van der Waals surface area contributed by atoms with E-state index in [0.717, 1.165) is 10.9 Å². The molecule has 0 saturated heterocycles. The van der Waals surface area contributed by atoms with Crippen molar-refractivity contribution in [2.75, 3.05) is 14.2 Å². The number of carboxylic acids is 1. The molecule has 1 atom stereocenters. The minimum atomic E-state index is -1.05. The molecule has 0 fully saturated rings. The van der Waals surface area contributed by atoms with Gasteiger partial charge in [-0.3, -0.25) is 9.59 Å². The summed E-state index contributed by atoms with van der Waals surface area (Å²) in [5.41, 5.74) is 2.80. The third kappa shape index (κ3) is 4.75. The van der Waals surface area contributed by atoms with Crippen LogP contribution in [-0.2, 0) is 9.59 Å². The van der Waals surface area contributed by atoms with Crippen molar-refractivity contribution in [2.45, 2.75) is 25.3 Å². The number of amides is 1. The Hall–Kier alpha value is -3.65. The molecule has 2 aromatic carbocycles. The topological polar surface area (TPSA) is 101 Å². The molecular formula is C24H22ClN3O5. The number of nitrogens with zero attached hydrogens (tertiary/aromatic N) is 3. The van der Waals surface area contributed by atoms with Crippen LogP contribution < -0.4 is 9.47 Å².